The zero-order valence-electron chi connectivity index (χ0n) is 14.9. The van der Waals surface area contributed by atoms with Gasteiger partial charge in [0.2, 0.25) is 11.8 Å². The van der Waals surface area contributed by atoms with Gasteiger partial charge in [-0.25, -0.2) is 4.98 Å². The Kier molecular flexibility index (Phi) is 5.02. The second-order valence-electron chi connectivity index (χ2n) is 7.53. The first-order valence-electron chi connectivity index (χ1n) is 9.66. The van der Waals surface area contributed by atoms with E-state index in [-0.39, 0.29) is 30.4 Å². The van der Waals surface area contributed by atoms with E-state index >= 15 is 0 Å². The van der Waals surface area contributed by atoms with Crippen LogP contribution in [0.1, 0.15) is 51.4 Å². The molecule has 1 aromatic heterocycles. The lowest BCUT2D eigenvalue weighted by Gasteiger charge is -2.38. The maximum Gasteiger partial charge on any atom is 0.250 e. The molecule has 26 heavy (non-hydrogen) atoms. The van der Waals surface area contributed by atoms with Crippen molar-refractivity contribution in [3.8, 4) is 0 Å². The summed E-state index contributed by atoms with van der Waals surface area (Å²) in [6, 6.07) is 1.77. The largest absolute Gasteiger partial charge is 0.352 e. The van der Waals surface area contributed by atoms with Crippen molar-refractivity contribution in [1.29, 1.82) is 0 Å². The summed E-state index contributed by atoms with van der Waals surface area (Å²) in [5.41, 5.74) is 0.650. The predicted octanol–water partition coefficient (Wildman–Crippen LogP) is 2.89. The van der Waals surface area contributed by atoms with E-state index in [1.54, 1.807) is 17.2 Å². The quantitative estimate of drug-likeness (QED) is 0.824. The summed E-state index contributed by atoms with van der Waals surface area (Å²) in [4.78, 5) is 33.7. The molecular formula is C19H25ClN4O2. The van der Waals surface area contributed by atoms with Crippen LogP contribution in [0.4, 0.5) is 11.5 Å². The number of anilines is 2. The van der Waals surface area contributed by atoms with Crippen molar-refractivity contribution in [1.82, 2.24) is 10.3 Å². The minimum atomic E-state index is -0.207. The molecule has 6 nitrogen and oxygen atoms in total. The molecule has 1 saturated carbocycles. The lowest BCUT2D eigenvalue weighted by molar-refractivity contribution is -0.125. The van der Waals surface area contributed by atoms with Crippen molar-refractivity contribution in [2.24, 2.45) is 0 Å². The zero-order valence-corrected chi connectivity index (χ0v) is 15.7. The number of hydrogen-bond acceptors (Lipinski definition) is 4. The number of nitrogens with one attached hydrogen (secondary N) is 1. The summed E-state index contributed by atoms with van der Waals surface area (Å²) in [5, 5.41) is 3.61. The zero-order chi connectivity index (χ0) is 18.1. The number of nitrogens with zero attached hydrogens (tertiary/aromatic N) is 3. The van der Waals surface area contributed by atoms with Crippen molar-refractivity contribution in [2.45, 2.75) is 63.5 Å². The van der Waals surface area contributed by atoms with Crippen LogP contribution >= 0.6 is 11.6 Å². The van der Waals surface area contributed by atoms with Crippen molar-refractivity contribution in [2.75, 3.05) is 22.9 Å². The van der Waals surface area contributed by atoms with Gasteiger partial charge in [-0.3, -0.25) is 14.5 Å². The van der Waals surface area contributed by atoms with Crippen molar-refractivity contribution in [3.05, 3.63) is 17.3 Å². The Morgan fingerprint density at radius 3 is 2.73 bits per heavy atom. The van der Waals surface area contributed by atoms with Gasteiger partial charge in [0.25, 0.3) is 0 Å². The molecule has 7 heteroatoms. The lowest BCUT2D eigenvalue weighted by atomic mass is 10.1. The molecule has 2 amide bonds. The van der Waals surface area contributed by atoms with Crippen LogP contribution in [0.3, 0.4) is 0 Å². The second-order valence-corrected chi connectivity index (χ2v) is 7.96. The van der Waals surface area contributed by atoms with E-state index in [9.17, 15) is 9.59 Å². The van der Waals surface area contributed by atoms with E-state index < -0.39 is 0 Å². The van der Waals surface area contributed by atoms with Gasteiger partial charge in [0, 0.05) is 18.8 Å². The summed E-state index contributed by atoms with van der Waals surface area (Å²) in [7, 11) is 0. The molecule has 3 heterocycles. The van der Waals surface area contributed by atoms with Crippen LogP contribution in [-0.4, -0.2) is 42.0 Å². The number of halogens is 1. The van der Waals surface area contributed by atoms with Gasteiger partial charge in [0.05, 0.1) is 10.7 Å². The second kappa shape index (κ2) is 7.43. The van der Waals surface area contributed by atoms with Crippen molar-refractivity contribution in [3.63, 3.8) is 0 Å². The topological polar surface area (TPSA) is 65.5 Å². The fourth-order valence-electron chi connectivity index (χ4n) is 4.42. The maximum absolute atomic E-state index is 13.0. The fourth-order valence-corrected chi connectivity index (χ4v) is 4.57. The van der Waals surface area contributed by atoms with E-state index in [4.69, 9.17) is 11.6 Å². The first-order valence-corrected chi connectivity index (χ1v) is 10.0. The molecule has 1 aliphatic carbocycles. The van der Waals surface area contributed by atoms with E-state index in [1.165, 1.54) is 12.8 Å². The third-order valence-electron chi connectivity index (χ3n) is 5.70. The first kappa shape index (κ1) is 17.6. The van der Waals surface area contributed by atoms with Crippen LogP contribution in [0.15, 0.2) is 12.3 Å². The molecule has 1 aromatic rings. The maximum atomic E-state index is 13.0. The van der Waals surface area contributed by atoms with Crippen molar-refractivity contribution < 1.29 is 9.59 Å². The van der Waals surface area contributed by atoms with E-state index in [0.29, 0.717) is 10.7 Å². The number of fused-ring (bicyclic) bond motifs is 3. The Bertz CT molecular complexity index is 703. The number of rotatable bonds is 3. The standard InChI is InChI=1S/C19H25ClN4O2/c20-13-10-16-18(21-11-13)23-9-5-8-15(23)19(26)24(16)12-17(25)22-14-6-3-1-2-4-7-14/h10-11,14-15H,1-9,12H2,(H,22,25). The molecule has 0 aromatic carbocycles. The Hall–Kier alpha value is -1.82. The number of amides is 2. The summed E-state index contributed by atoms with van der Waals surface area (Å²) in [6.45, 7) is 0.856. The van der Waals surface area contributed by atoms with Crippen LogP contribution in [-0.2, 0) is 9.59 Å². The highest BCUT2D eigenvalue weighted by molar-refractivity contribution is 6.31. The van der Waals surface area contributed by atoms with Crippen LogP contribution in [0.25, 0.3) is 0 Å². The number of carbonyl (C=O) groups is 2. The first-order chi connectivity index (χ1) is 12.6. The third kappa shape index (κ3) is 3.39. The number of carbonyl (C=O) groups excluding carboxylic acids is 2. The van der Waals surface area contributed by atoms with Crippen molar-refractivity contribution >= 4 is 34.9 Å². The molecule has 1 atom stereocenters. The number of pyridine rings is 1. The van der Waals surface area contributed by atoms with Gasteiger partial charge < -0.3 is 10.2 Å². The molecule has 2 fully saturated rings. The van der Waals surface area contributed by atoms with Crippen LogP contribution in [0.2, 0.25) is 5.02 Å². The lowest BCUT2D eigenvalue weighted by Crippen LogP contribution is -2.54. The van der Waals surface area contributed by atoms with Gasteiger partial charge in [0.1, 0.15) is 12.6 Å². The monoisotopic (exact) mass is 376 g/mol. The highest BCUT2D eigenvalue weighted by Gasteiger charge is 2.42. The Morgan fingerprint density at radius 1 is 1.19 bits per heavy atom. The minimum Gasteiger partial charge on any atom is -0.352 e. The minimum absolute atomic E-state index is 0.0184. The molecule has 3 aliphatic rings. The van der Waals surface area contributed by atoms with E-state index in [2.05, 4.69) is 10.3 Å². The number of aromatic nitrogens is 1. The molecule has 1 unspecified atom stereocenters. The molecule has 0 bridgehead atoms. The Morgan fingerprint density at radius 2 is 1.96 bits per heavy atom. The van der Waals surface area contributed by atoms with Gasteiger partial charge in [0.15, 0.2) is 5.82 Å². The molecular weight excluding hydrogens is 352 g/mol. The van der Waals surface area contributed by atoms with Crippen LogP contribution < -0.4 is 15.1 Å². The molecule has 0 spiro atoms. The average molecular weight is 377 g/mol. The highest BCUT2D eigenvalue weighted by atomic mass is 35.5. The molecule has 2 aliphatic heterocycles. The van der Waals surface area contributed by atoms with Gasteiger partial charge in [-0.15, -0.1) is 0 Å². The highest BCUT2D eigenvalue weighted by Crippen LogP contribution is 2.39. The van der Waals surface area contributed by atoms with Gasteiger partial charge in [-0.05, 0) is 31.7 Å². The number of hydrogen-bond donors (Lipinski definition) is 1. The summed E-state index contributed by atoms with van der Waals surface area (Å²) < 4.78 is 0. The molecule has 1 N–H and O–H groups in total. The van der Waals surface area contributed by atoms with Crippen LogP contribution in [0, 0.1) is 0 Å². The molecule has 1 saturated heterocycles. The molecule has 0 radical (unpaired) electrons. The van der Waals surface area contributed by atoms with Gasteiger partial charge >= 0.3 is 0 Å². The van der Waals surface area contributed by atoms with E-state index in [1.807, 2.05) is 4.90 Å². The van der Waals surface area contributed by atoms with Gasteiger partial charge in [-0.2, -0.15) is 0 Å². The Balaban J connectivity index is 1.53. The molecule has 4 rings (SSSR count). The predicted molar refractivity (Wildman–Crippen MR) is 102 cm³/mol. The average Bonchev–Trinajstić information content (AvgIpc) is 2.97. The van der Waals surface area contributed by atoms with Crippen LogP contribution in [0.5, 0.6) is 0 Å². The molecule has 140 valence electrons. The SMILES string of the molecule is O=C(CN1C(=O)C2CCCN2c2ncc(Cl)cc21)NC1CCCCCC1. The Labute approximate surface area is 158 Å². The normalized spacial score (nSPS) is 23.4. The summed E-state index contributed by atoms with van der Waals surface area (Å²) >= 11 is 6.12. The smallest absolute Gasteiger partial charge is 0.250 e. The third-order valence-corrected chi connectivity index (χ3v) is 5.91. The summed E-state index contributed by atoms with van der Waals surface area (Å²) in [5.74, 6) is 0.650. The fraction of sp³-hybridized carbons (Fsp3) is 0.632. The van der Waals surface area contributed by atoms with E-state index in [0.717, 1.165) is 50.9 Å². The van der Waals surface area contributed by atoms with Gasteiger partial charge in [-0.1, -0.05) is 37.3 Å². The summed E-state index contributed by atoms with van der Waals surface area (Å²) in [6.07, 6.45) is 10.2.